The molecule has 0 aliphatic heterocycles. The highest BCUT2D eigenvalue weighted by Gasteiger charge is 2.29. The molecule has 12 heteroatoms. The number of carbonyl (C=O) groups is 2. The summed E-state index contributed by atoms with van der Waals surface area (Å²) in [4.78, 5) is 28.6. The molecule has 1 aliphatic rings. The number of aliphatic carboxylic acids is 1. The van der Waals surface area contributed by atoms with E-state index in [-0.39, 0.29) is 46.5 Å². The summed E-state index contributed by atoms with van der Waals surface area (Å²) < 4.78 is 68.5. The second kappa shape index (κ2) is 10.9. The van der Waals surface area contributed by atoms with E-state index in [1.165, 1.54) is 25.1 Å². The molecule has 37 heavy (non-hydrogen) atoms. The molecule has 1 amide bonds. The maximum absolute atomic E-state index is 13.9. The first-order valence-corrected chi connectivity index (χ1v) is 11.3. The van der Waals surface area contributed by atoms with Gasteiger partial charge >= 0.3 is 12.6 Å². The Morgan fingerprint density at radius 3 is 2.57 bits per heavy atom. The van der Waals surface area contributed by atoms with Crippen LogP contribution in [0.3, 0.4) is 0 Å². The monoisotopic (exact) mass is 522 g/mol. The third-order valence-corrected chi connectivity index (χ3v) is 5.66. The van der Waals surface area contributed by atoms with Crippen molar-refractivity contribution >= 4 is 11.9 Å². The van der Waals surface area contributed by atoms with Gasteiger partial charge in [-0.1, -0.05) is 6.07 Å². The molecule has 1 fully saturated rings. The van der Waals surface area contributed by atoms with Crippen molar-refractivity contribution in [3.63, 3.8) is 0 Å². The lowest BCUT2D eigenvalue weighted by atomic mass is 10.1. The Morgan fingerprint density at radius 2 is 1.92 bits per heavy atom. The zero-order valence-corrected chi connectivity index (χ0v) is 19.5. The van der Waals surface area contributed by atoms with Crippen molar-refractivity contribution in [2.45, 2.75) is 38.8 Å². The van der Waals surface area contributed by atoms with E-state index in [1.54, 1.807) is 0 Å². The van der Waals surface area contributed by atoms with Crippen LogP contribution in [0.4, 0.5) is 17.6 Å². The SMILES string of the molecule is C[C@H](C(=O)O)c1oc(-c2ccc(OC(F)F)c(OCC3CC3)c2)nc1C(=O)NCc1ccc(F)cc1F. The van der Waals surface area contributed by atoms with Crippen LogP contribution in [0.25, 0.3) is 11.5 Å². The van der Waals surface area contributed by atoms with Gasteiger partial charge in [-0.15, -0.1) is 0 Å². The van der Waals surface area contributed by atoms with E-state index in [1.807, 2.05) is 0 Å². The Kier molecular flexibility index (Phi) is 7.65. The van der Waals surface area contributed by atoms with Gasteiger partial charge in [0.25, 0.3) is 5.91 Å². The van der Waals surface area contributed by atoms with Gasteiger partial charge in [-0.2, -0.15) is 8.78 Å². The van der Waals surface area contributed by atoms with Crippen LogP contribution in [0.2, 0.25) is 0 Å². The maximum atomic E-state index is 13.9. The molecule has 1 aromatic heterocycles. The van der Waals surface area contributed by atoms with Crippen molar-refractivity contribution in [2.75, 3.05) is 6.61 Å². The van der Waals surface area contributed by atoms with E-state index in [9.17, 15) is 32.3 Å². The lowest BCUT2D eigenvalue weighted by Crippen LogP contribution is -2.25. The largest absolute Gasteiger partial charge is 0.489 e. The fourth-order valence-electron chi connectivity index (χ4n) is 3.39. The predicted molar refractivity (Wildman–Crippen MR) is 120 cm³/mol. The lowest BCUT2D eigenvalue weighted by molar-refractivity contribution is -0.138. The molecule has 1 saturated carbocycles. The molecule has 8 nitrogen and oxygen atoms in total. The number of hydrogen-bond acceptors (Lipinski definition) is 6. The first-order valence-electron chi connectivity index (χ1n) is 11.3. The molecule has 3 aromatic rings. The van der Waals surface area contributed by atoms with Crippen LogP contribution in [-0.4, -0.2) is 35.2 Å². The zero-order valence-electron chi connectivity index (χ0n) is 19.5. The molecule has 1 heterocycles. The van der Waals surface area contributed by atoms with Gasteiger partial charge in [0, 0.05) is 23.7 Å². The number of alkyl halides is 2. The van der Waals surface area contributed by atoms with E-state index < -0.39 is 36.0 Å². The number of amides is 1. The molecule has 0 unspecified atom stereocenters. The summed E-state index contributed by atoms with van der Waals surface area (Å²) in [5.74, 6) is -5.40. The average Bonchev–Trinajstić information content (AvgIpc) is 3.57. The molecule has 2 N–H and O–H groups in total. The van der Waals surface area contributed by atoms with E-state index in [0.717, 1.165) is 25.0 Å². The number of nitrogens with one attached hydrogen (secondary N) is 1. The van der Waals surface area contributed by atoms with Crippen LogP contribution in [0, 0.1) is 17.6 Å². The van der Waals surface area contributed by atoms with E-state index >= 15 is 0 Å². The number of benzene rings is 2. The van der Waals surface area contributed by atoms with Crippen molar-refractivity contribution in [2.24, 2.45) is 5.92 Å². The molecule has 4 rings (SSSR count). The van der Waals surface area contributed by atoms with Crippen LogP contribution in [0.5, 0.6) is 11.5 Å². The summed E-state index contributed by atoms with van der Waals surface area (Å²) in [6.45, 7) is -1.83. The standard InChI is InChI=1S/C25H22F4N2O6/c1-12(24(33)34)21-20(22(32)30-10-15-4-6-16(26)9-17(15)27)31-23(37-21)14-5-7-18(36-25(28)29)19(8-14)35-11-13-2-3-13/h4-9,12-13,25H,2-3,10-11H2,1H3,(H,30,32)(H,33,34)/t12-/m0/s1. The van der Waals surface area contributed by atoms with Gasteiger partial charge in [0.05, 0.1) is 6.61 Å². The minimum absolute atomic E-state index is 0.00151. The minimum atomic E-state index is -3.08. The first-order chi connectivity index (χ1) is 17.6. The van der Waals surface area contributed by atoms with Gasteiger partial charge in [0.15, 0.2) is 23.0 Å². The fraction of sp³-hybridized carbons (Fsp3) is 0.320. The van der Waals surface area contributed by atoms with Crippen LogP contribution < -0.4 is 14.8 Å². The van der Waals surface area contributed by atoms with Crippen LogP contribution in [0.1, 0.15) is 47.5 Å². The van der Waals surface area contributed by atoms with Gasteiger partial charge < -0.3 is 24.3 Å². The van der Waals surface area contributed by atoms with Gasteiger partial charge in [-0.05, 0) is 49.9 Å². The molecule has 0 spiro atoms. The van der Waals surface area contributed by atoms with Crippen LogP contribution >= 0.6 is 0 Å². The third-order valence-electron chi connectivity index (χ3n) is 5.66. The predicted octanol–water partition coefficient (Wildman–Crippen LogP) is 5.13. The molecular formula is C25H22F4N2O6. The topological polar surface area (TPSA) is 111 Å². The summed E-state index contributed by atoms with van der Waals surface area (Å²) in [7, 11) is 0. The number of oxazole rings is 1. The lowest BCUT2D eigenvalue weighted by Gasteiger charge is -2.12. The maximum Gasteiger partial charge on any atom is 0.387 e. The van der Waals surface area contributed by atoms with E-state index in [0.29, 0.717) is 18.6 Å². The quantitative estimate of drug-likeness (QED) is 0.336. The molecule has 1 atom stereocenters. The van der Waals surface area contributed by atoms with Crippen LogP contribution in [0.15, 0.2) is 40.8 Å². The molecule has 0 saturated heterocycles. The molecular weight excluding hydrogens is 500 g/mol. The number of rotatable bonds is 11. The van der Waals surface area contributed by atoms with Crippen molar-refractivity contribution in [3.8, 4) is 23.0 Å². The van der Waals surface area contributed by atoms with Crippen molar-refractivity contribution in [1.82, 2.24) is 10.3 Å². The molecule has 0 bridgehead atoms. The second-order valence-electron chi connectivity index (χ2n) is 8.50. The summed E-state index contributed by atoms with van der Waals surface area (Å²) in [5, 5.41) is 11.9. The fourth-order valence-corrected chi connectivity index (χ4v) is 3.39. The van der Waals surface area contributed by atoms with E-state index in [2.05, 4.69) is 15.0 Å². The number of carbonyl (C=O) groups excluding carboxylic acids is 1. The molecule has 2 aromatic carbocycles. The summed E-state index contributed by atoms with van der Waals surface area (Å²) in [6.07, 6.45) is 1.92. The first kappa shape index (κ1) is 26.0. The van der Waals surface area contributed by atoms with E-state index in [4.69, 9.17) is 9.15 Å². The van der Waals surface area contributed by atoms with Crippen molar-refractivity contribution < 1.29 is 46.1 Å². The van der Waals surface area contributed by atoms with Gasteiger partial charge in [0.2, 0.25) is 5.89 Å². The highest BCUT2D eigenvalue weighted by atomic mass is 19.3. The zero-order chi connectivity index (χ0) is 26.7. The normalized spacial score (nSPS) is 13.9. The Morgan fingerprint density at radius 1 is 1.16 bits per heavy atom. The van der Waals surface area contributed by atoms with Crippen molar-refractivity contribution in [3.05, 3.63) is 65.1 Å². The number of carboxylic acids is 1. The highest BCUT2D eigenvalue weighted by molar-refractivity contribution is 5.95. The number of aromatic nitrogens is 1. The second-order valence-corrected chi connectivity index (χ2v) is 8.50. The molecule has 0 radical (unpaired) electrons. The van der Waals surface area contributed by atoms with Gasteiger partial charge in [0.1, 0.15) is 17.6 Å². The smallest absolute Gasteiger partial charge is 0.387 e. The number of ether oxygens (including phenoxy) is 2. The summed E-state index contributed by atoms with van der Waals surface area (Å²) in [5.41, 5.74) is -0.144. The summed E-state index contributed by atoms with van der Waals surface area (Å²) >= 11 is 0. The van der Waals surface area contributed by atoms with Crippen molar-refractivity contribution in [1.29, 1.82) is 0 Å². The molecule has 196 valence electrons. The Labute approximate surface area is 208 Å². The third kappa shape index (κ3) is 6.38. The number of nitrogens with zero attached hydrogens (tertiary/aromatic N) is 1. The number of halogens is 4. The minimum Gasteiger partial charge on any atom is -0.489 e. The number of hydrogen-bond donors (Lipinski definition) is 2. The van der Waals surface area contributed by atoms with Crippen LogP contribution in [-0.2, 0) is 11.3 Å². The summed E-state index contributed by atoms with van der Waals surface area (Å²) in [6, 6.07) is 6.77. The Balaban J connectivity index is 1.63. The average molecular weight is 522 g/mol. The Hall–Kier alpha value is -4.09. The van der Waals surface area contributed by atoms with Gasteiger partial charge in [-0.3, -0.25) is 9.59 Å². The highest BCUT2D eigenvalue weighted by Crippen LogP contribution is 2.37. The Bertz CT molecular complexity index is 1310. The number of carboxylic acid groups (broad SMARTS) is 1. The molecule has 1 aliphatic carbocycles. The van der Waals surface area contributed by atoms with Gasteiger partial charge in [-0.25, -0.2) is 13.8 Å².